The molecule has 9 heteroatoms. The summed E-state index contributed by atoms with van der Waals surface area (Å²) in [5.74, 6) is 0.524. The molecule has 1 N–H and O–H groups in total. The lowest BCUT2D eigenvalue weighted by Crippen LogP contribution is -2.19. The summed E-state index contributed by atoms with van der Waals surface area (Å²) in [6, 6.07) is 18.6. The van der Waals surface area contributed by atoms with E-state index in [-0.39, 0.29) is 10.6 Å². The first kappa shape index (κ1) is 21.0. The van der Waals surface area contributed by atoms with Crippen molar-refractivity contribution in [2.24, 2.45) is 14.1 Å². The fourth-order valence-corrected chi connectivity index (χ4v) is 4.46. The molecule has 3 aromatic carbocycles. The van der Waals surface area contributed by atoms with Crippen LogP contribution in [0.1, 0.15) is 5.56 Å². The van der Waals surface area contributed by atoms with Crippen LogP contribution in [0.25, 0.3) is 11.0 Å². The number of nitrogens with one attached hydrogen (secondary N) is 1. The Kier molecular flexibility index (Phi) is 5.51. The van der Waals surface area contributed by atoms with Gasteiger partial charge in [-0.2, -0.15) is 0 Å². The van der Waals surface area contributed by atoms with Crippen LogP contribution in [0.2, 0.25) is 5.02 Å². The van der Waals surface area contributed by atoms with Crippen molar-refractivity contribution >= 4 is 38.3 Å². The zero-order valence-corrected chi connectivity index (χ0v) is 18.4. The van der Waals surface area contributed by atoms with Crippen LogP contribution in [0.15, 0.2) is 76.4 Å². The smallest absolute Gasteiger partial charge is 0.328 e. The maximum Gasteiger partial charge on any atom is 0.328 e. The first-order chi connectivity index (χ1) is 14.7. The van der Waals surface area contributed by atoms with Gasteiger partial charge in [-0.1, -0.05) is 29.8 Å². The summed E-state index contributed by atoms with van der Waals surface area (Å²) in [6.07, 6.45) is 0. The maximum absolute atomic E-state index is 12.9. The van der Waals surface area contributed by atoms with Crippen LogP contribution in [0, 0.1) is 0 Å². The van der Waals surface area contributed by atoms with Crippen molar-refractivity contribution in [3.8, 4) is 5.75 Å². The van der Waals surface area contributed by atoms with Crippen LogP contribution >= 0.6 is 11.6 Å². The number of hydrogen-bond acceptors (Lipinski definition) is 4. The van der Waals surface area contributed by atoms with E-state index in [9.17, 15) is 13.2 Å². The molecular formula is C22H20ClN3O4S. The number of hydrogen-bond donors (Lipinski definition) is 1. The number of benzene rings is 3. The molecule has 0 unspecified atom stereocenters. The Morgan fingerprint density at radius 3 is 2.39 bits per heavy atom. The Bertz CT molecular complexity index is 1420. The van der Waals surface area contributed by atoms with E-state index < -0.39 is 10.0 Å². The van der Waals surface area contributed by atoms with E-state index in [0.717, 1.165) is 5.56 Å². The summed E-state index contributed by atoms with van der Waals surface area (Å²) in [7, 11) is -0.606. The lowest BCUT2D eigenvalue weighted by Gasteiger charge is -2.11. The number of aromatic nitrogens is 2. The first-order valence-electron chi connectivity index (χ1n) is 9.40. The van der Waals surface area contributed by atoms with Gasteiger partial charge >= 0.3 is 5.69 Å². The molecule has 0 spiro atoms. The minimum Gasteiger partial charge on any atom is -0.489 e. The van der Waals surface area contributed by atoms with Gasteiger partial charge in [-0.25, -0.2) is 13.2 Å². The van der Waals surface area contributed by atoms with Gasteiger partial charge in [-0.05, 0) is 48.0 Å². The summed E-state index contributed by atoms with van der Waals surface area (Å²) in [6.45, 7) is 0.325. The fourth-order valence-electron chi connectivity index (χ4n) is 3.26. The molecule has 0 amide bonds. The highest BCUT2D eigenvalue weighted by molar-refractivity contribution is 7.92. The summed E-state index contributed by atoms with van der Waals surface area (Å²) >= 11 is 5.89. The quantitative estimate of drug-likeness (QED) is 0.476. The zero-order chi connectivity index (χ0) is 22.2. The van der Waals surface area contributed by atoms with Crippen molar-refractivity contribution in [3.63, 3.8) is 0 Å². The molecule has 160 valence electrons. The minimum absolute atomic E-state index is 0.0636. The molecule has 0 bridgehead atoms. The van der Waals surface area contributed by atoms with Gasteiger partial charge in [0.1, 0.15) is 12.4 Å². The molecule has 4 aromatic rings. The average Bonchev–Trinajstić information content (AvgIpc) is 2.97. The van der Waals surface area contributed by atoms with Gasteiger partial charge in [-0.15, -0.1) is 0 Å². The lowest BCUT2D eigenvalue weighted by atomic mass is 10.2. The van der Waals surface area contributed by atoms with Crippen molar-refractivity contribution in [3.05, 3.63) is 87.8 Å². The summed E-state index contributed by atoms with van der Waals surface area (Å²) < 4.78 is 37.0. The molecule has 4 rings (SSSR count). The second-order valence-corrected chi connectivity index (χ2v) is 9.22. The highest BCUT2D eigenvalue weighted by atomic mass is 35.5. The maximum atomic E-state index is 12.9. The Hall–Kier alpha value is -3.23. The van der Waals surface area contributed by atoms with E-state index in [4.69, 9.17) is 16.3 Å². The Labute approximate surface area is 184 Å². The van der Waals surface area contributed by atoms with Crippen molar-refractivity contribution < 1.29 is 13.2 Å². The number of sulfonamides is 1. The van der Waals surface area contributed by atoms with Crippen LogP contribution in [0.5, 0.6) is 5.75 Å². The van der Waals surface area contributed by atoms with Crippen LogP contribution < -0.4 is 15.1 Å². The number of aryl methyl sites for hydroxylation is 2. The molecule has 0 fully saturated rings. The molecule has 0 aliphatic carbocycles. The van der Waals surface area contributed by atoms with Gasteiger partial charge in [0.05, 0.1) is 21.6 Å². The van der Waals surface area contributed by atoms with E-state index in [1.54, 1.807) is 56.6 Å². The number of ether oxygens (including phenoxy) is 1. The molecular weight excluding hydrogens is 438 g/mol. The molecule has 31 heavy (non-hydrogen) atoms. The summed E-state index contributed by atoms with van der Waals surface area (Å²) in [5.41, 5.74) is 2.29. The third-order valence-corrected chi connectivity index (χ3v) is 6.59. The predicted octanol–water partition coefficient (Wildman–Crippen LogP) is 3.91. The molecule has 0 radical (unpaired) electrons. The third kappa shape index (κ3) is 4.30. The van der Waals surface area contributed by atoms with Crippen molar-refractivity contribution in [2.45, 2.75) is 11.5 Å². The lowest BCUT2D eigenvalue weighted by molar-refractivity contribution is 0.306. The number of anilines is 1. The zero-order valence-electron chi connectivity index (χ0n) is 16.9. The molecule has 0 saturated carbocycles. The monoisotopic (exact) mass is 457 g/mol. The molecule has 0 aliphatic heterocycles. The SMILES string of the molecule is Cn1c(=O)n(C)c2cc(S(=O)(=O)Nc3cccc(OCc4ccc(Cl)cc4)c3)ccc21. The van der Waals surface area contributed by atoms with Crippen molar-refractivity contribution in [2.75, 3.05) is 4.72 Å². The number of nitrogens with zero attached hydrogens (tertiary/aromatic N) is 2. The standard InChI is InChI=1S/C22H20ClN3O4S/c1-25-20-11-10-19(13-21(20)26(2)22(25)27)31(28,29)24-17-4-3-5-18(12-17)30-14-15-6-8-16(23)9-7-15/h3-13,24H,14H2,1-2H3. The molecule has 0 atom stereocenters. The highest BCUT2D eigenvalue weighted by Crippen LogP contribution is 2.24. The van der Waals surface area contributed by atoms with E-state index in [1.165, 1.54) is 21.3 Å². The number of rotatable bonds is 6. The largest absolute Gasteiger partial charge is 0.489 e. The van der Waals surface area contributed by atoms with Gasteiger partial charge < -0.3 is 4.74 Å². The molecule has 7 nitrogen and oxygen atoms in total. The molecule has 0 saturated heterocycles. The Morgan fingerprint density at radius 1 is 0.935 bits per heavy atom. The number of halogens is 1. The van der Waals surface area contributed by atoms with Crippen LogP contribution in [0.3, 0.4) is 0 Å². The Morgan fingerprint density at radius 2 is 1.65 bits per heavy atom. The van der Waals surface area contributed by atoms with Crippen LogP contribution in [-0.4, -0.2) is 17.6 Å². The Balaban J connectivity index is 1.55. The van der Waals surface area contributed by atoms with E-state index >= 15 is 0 Å². The first-order valence-corrected chi connectivity index (χ1v) is 11.3. The molecule has 1 heterocycles. The number of fused-ring (bicyclic) bond motifs is 1. The van der Waals surface area contributed by atoms with Gasteiger partial charge in [0.2, 0.25) is 0 Å². The highest BCUT2D eigenvalue weighted by Gasteiger charge is 2.17. The van der Waals surface area contributed by atoms with Crippen molar-refractivity contribution in [1.82, 2.24) is 9.13 Å². The second kappa shape index (κ2) is 8.13. The topological polar surface area (TPSA) is 82.3 Å². The summed E-state index contributed by atoms with van der Waals surface area (Å²) in [4.78, 5) is 12.2. The summed E-state index contributed by atoms with van der Waals surface area (Å²) in [5, 5.41) is 0.647. The molecule has 1 aromatic heterocycles. The predicted molar refractivity (Wildman–Crippen MR) is 121 cm³/mol. The molecule has 0 aliphatic rings. The van der Waals surface area contributed by atoms with E-state index in [1.807, 2.05) is 12.1 Å². The minimum atomic E-state index is -3.86. The average molecular weight is 458 g/mol. The van der Waals surface area contributed by atoms with Gasteiger partial charge in [-0.3, -0.25) is 13.9 Å². The van der Waals surface area contributed by atoms with Crippen LogP contribution in [0.4, 0.5) is 5.69 Å². The van der Waals surface area contributed by atoms with Crippen LogP contribution in [-0.2, 0) is 30.7 Å². The normalized spacial score (nSPS) is 11.6. The second-order valence-electron chi connectivity index (χ2n) is 7.10. The fraction of sp³-hybridized carbons (Fsp3) is 0.136. The van der Waals surface area contributed by atoms with Gasteiger partial charge in [0, 0.05) is 25.2 Å². The van der Waals surface area contributed by atoms with Crippen molar-refractivity contribution in [1.29, 1.82) is 0 Å². The number of imidazole rings is 1. The van der Waals surface area contributed by atoms with E-state index in [2.05, 4.69) is 4.72 Å². The third-order valence-electron chi connectivity index (χ3n) is 4.96. The van der Waals surface area contributed by atoms with Gasteiger partial charge in [0.25, 0.3) is 10.0 Å². The van der Waals surface area contributed by atoms with E-state index in [0.29, 0.717) is 34.1 Å². The van der Waals surface area contributed by atoms with Gasteiger partial charge in [0.15, 0.2) is 0 Å².